The molecule has 0 saturated carbocycles. The molecule has 2 rings (SSSR count). The van der Waals surface area contributed by atoms with E-state index in [2.05, 4.69) is 0 Å². The van der Waals surface area contributed by atoms with Crippen molar-refractivity contribution in [3.63, 3.8) is 0 Å². The normalized spacial score (nSPS) is 10.0. The van der Waals surface area contributed by atoms with Crippen LogP contribution in [0.4, 0.5) is 0 Å². The van der Waals surface area contributed by atoms with E-state index >= 15 is 0 Å². The Morgan fingerprint density at radius 3 is 1.72 bits per heavy atom. The molecule has 0 aliphatic rings. The van der Waals surface area contributed by atoms with Gasteiger partial charge in [-0.2, -0.15) is 0 Å². The Balaban J connectivity index is 0.000000180. The van der Waals surface area contributed by atoms with Gasteiger partial charge in [0, 0.05) is 5.56 Å². The molecular formula is C12H16O6. The molecular weight excluding hydrogens is 240 g/mol. The number of aliphatic hydroxyl groups is 4. The maximum atomic E-state index is 8.57. The summed E-state index contributed by atoms with van der Waals surface area (Å²) >= 11 is 0. The van der Waals surface area contributed by atoms with Crippen molar-refractivity contribution in [2.75, 3.05) is 0 Å². The van der Waals surface area contributed by atoms with Crippen LogP contribution in [0, 0.1) is 0 Å². The zero-order valence-electron chi connectivity index (χ0n) is 9.74. The second kappa shape index (κ2) is 7.67. The molecule has 0 amide bonds. The summed E-state index contributed by atoms with van der Waals surface area (Å²) in [5.41, 5.74) is 0.650. The lowest BCUT2D eigenvalue weighted by molar-refractivity contribution is 0.215. The van der Waals surface area contributed by atoms with Gasteiger partial charge in [0.1, 0.15) is 37.1 Å². The molecule has 0 radical (unpaired) electrons. The standard InChI is InChI=1S/2C6H8O3/c7-3-5-1-2-9-6(5)4-8;7-3-5-1-2-6(4-8)9-5/h2*1-2,7-8H,3-4H2. The van der Waals surface area contributed by atoms with Crippen LogP contribution >= 0.6 is 0 Å². The fraction of sp³-hybridized carbons (Fsp3) is 0.333. The Kier molecular flexibility index (Phi) is 6.16. The minimum absolute atomic E-state index is 0.0770. The zero-order chi connectivity index (χ0) is 13.4. The molecule has 0 unspecified atom stereocenters. The van der Waals surface area contributed by atoms with Crippen molar-refractivity contribution in [3.8, 4) is 0 Å². The van der Waals surface area contributed by atoms with Gasteiger partial charge in [0.2, 0.25) is 0 Å². The SMILES string of the molecule is OCc1ccc(CO)o1.OCc1ccoc1CO. The summed E-state index contributed by atoms with van der Waals surface area (Å²) in [5, 5.41) is 34.0. The van der Waals surface area contributed by atoms with Crippen LogP contribution in [-0.2, 0) is 26.4 Å². The van der Waals surface area contributed by atoms with Crippen molar-refractivity contribution in [3.05, 3.63) is 47.3 Å². The molecule has 2 aromatic rings. The molecule has 0 atom stereocenters. The van der Waals surface area contributed by atoms with E-state index in [4.69, 9.17) is 29.3 Å². The summed E-state index contributed by atoms with van der Waals surface area (Å²) in [6.07, 6.45) is 1.44. The fourth-order valence-corrected chi connectivity index (χ4v) is 1.24. The molecule has 100 valence electrons. The van der Waals surface area contributed by atoms with E-state index in [0.29, 0.717) is 22.8 Å². The third kappa shape index (κ3) is 4.01. The van der Waals surface area contributed by atoms with Gasteiger partial charge in [-0.15, -0.1) is 0 Å². The van der Waals surface area contributed by atoms with Gasteiger partial charge in [-0.25, -0.2) is 0 Å². The minimum atomic E-state index is -0.150. The van der Waals surface area contributed by atoms with Crippen LogP contribution in [0.3, 0.4) is 0 Å². The zero-order valence-corrected chi connectivity index (χ0v) is 9.74. The van der Waals surface area contributed by atoms with E-state index in [1.54, 1.807) is 18.2 Å². The number of aliphatic hydroxyl groups excluding tert-OH is 4. The highest BCUT2D eigenvalue weighted by Gasteiger charge is 2.01. The summed E-state index contributed by atoms with van der Waals surface area (Å²) in [4.78, 5) is 0. The highest BCUT2D eigenvalue weighted by Crippen LogP contribution is 2.09. The number of furan rings is 2. The predicted molar refractivity (Wildman–Crippen MR) is 61.1 cm³/mol. The number of rotatable bonds is 4. The van der Waals surface area contributed by atoms with E-state index in [-0.39, 0.29) is 26.4 Å². The molecule has 6 heteroatoms. The first-order chi connectivity index (χ1) is 8.74. The maximum absolute atomic E-state index is 8.57. The van der Waals surface area contributed by atoms with Crippen LogP contribution in [0.2, 0.25) is 0 Å². The van der Waals surface area contributed by atoms with Gasteiger partial charge >= 0.3 is 0 Å². The highest BCUT2D eigenvalue weighted by molar-refractivity contribution is 5.14. The van der Waals surface area contributed by atoms with Crippen LogP contribution in [0.1, 0.15) is 22.8 Å². The molecule has 0 saturated heterocycles. The molecule has 0 fully saturated rings. The van der Waals surface area contributed by atoms with Gasteiger partial charge in [0.25, 0.3) is 0 Å². The van der Waals surface area contributed by atoms with Gasteiger partial charge < -0.3 is 29.3 Å². The van der Waals surface area contributed by atoms with E-state index < -0.39 is 0 Å². The average Bonchev–Trinajstić information content (AvgIpc) is 3.07. The molecule has 0 bridgehead atoms. The lowest BCUT2D eigenvalue weighted by Gasteiger charge is -1.90. The predicted octanol–water partition coefficient (Wildman–Crippen LogP) is 0.528. The lowest BCUT2D eigenvalue weighted by Crippen LogP contribution is -1.86. The van der Waals surface area contributed by atoms with Crippen molar-refractivity contribution in [1.29, 1.82) is 0 Å². The molecule has 4 N–H and O–H groups in total. The monoisotopic (exact) mass is 256 g/mol. The van der Waals surface area contributed by atoms with Crippen molar-refractivity contribution in [2.45, 2.75) is 26.4 Å². The molecule has 18 heavy (non-hydrogen) atoms. The van der Waals surface area contributed by atoms with Gasteiger partial charge in [-0.05, 0) is 18.2 Å². The van der Waals surface area contributed by atoms with E-state index in [1.165, 1.54) is 6.26 Å². The minimum Gasteiger partial charge on any atom is -0.467 e. The third-order valence-corrected chi connectivity index (χ3v) is 2.18. The van der Waals surface area contributed by atoms with Crippen LogP contribution in [-0.4, -0.2) is 20.4 Å². The number of hydrogen-bond acceptors (Lipinski definition) is 6. The quantitative estimate of drug-likeness (QED) is 0.635. The molecule has 2 heterocycles. The van der Waals surface area contributed by atoms with Gasteiger partial charge in [-0.3, -0.25) is 0 Å². The van der Waals surface area contributed by atoms with Crippen molar-refractivity contribution in [2.24, 2.45) is 0 Å². The summed E-state index contributed by atoms with van der Waals surface area (Å²) < 4.78 is 9.68. The van der Waals surface area contributed by atoms with Gasteiger partial charge in [0.15, 0.2) is 0 Å². The smallest absolute Gasteiger partial charge is 0.134 e. The first-order valence-corrected chi connectivity index (χ1v) is 5.31. The number of hydrogen-bond donors (Lipinski definition) is 4. The maximum Gasteiger partial charge on any atom is 0.134 e. The van der Waals surface area contributed by atoms with E-state index in [0.717, 1.165) is 0 Å². The Morgan fingerprint density at radius 2 is 1.39 bits per heavy atom. The Morgan fingerprint density at radius 1 is 0.778 bits per heavy atom. The van der Waals surface area contributed by atoms with Crippen molar-refractivity contribution < 1.29 is 29.3 Å². The molecule has 2 aromatic heterocycles. The first kappa shape index (κ1) is 14.5. The summed E-state index contributed by atoms with van der Waals surface area (Å²) in [6.45, 7) is -0.449. The van der Waals surface area contributed by atoms with Gasteiger partial charge in [-0.1, -0.05) is 0 Å². The topological polar surface area (TPSA) is 107 Å². The second-order valence-electron chi connectivity index (χ2n) is 3.37. The average molecular weight is 256 g/mol. The largest absolute Gasteiger partial charge is 0.467 e. The molecule has 6 nitrogen and oxygen atoms in total. The van der Waals surface area contributed by atoms with Crippen molar-refractivity contribution >= 4 is 0 Å². The highest BCUT2D eigenvalue weighted by atomic mass is 16.4. The van der Waals surface area contributed by atoms with E-state index in [1.807, 2.05) is 0 Å². The van der Waals surface area contributed by atoms with E-state index in [9.17, 15) is 0 Å². The Hall–Kier alpha value is -1.60. The molecule has 0 aliphatic heterocycles. The van der Waals surface area contributed by atoms with Gasteiger partial charge in [0.05, 0.1) is 12.9 Å². The fourth-order valence-electron chi connectivity index (χ4n) is 1.24. The summed E-state index contributed by atoms with van der Waals surface area (Å²) in [5.74, 6) is 1.41. The summed E-state index contributed by atoms with van der Waals surface area (Å²) in [7, 11) is 0. The van der Waals surface area contributed by atoms with Crippen LogP contribution in [0.5, 0.6) is 0 Å². The summed E-state index contributed by atoms with van der Waals surface area (Å²) in [6, 6.07) is 4.89. The van der Waals surface area contributed by atoms with Crippen LogP contribution in [0.15, 0.2) is 33.3 Å². The molecule has 0 aromatic carbocycles. The second-order valence-corrected chi connectivity index (χ2v) is 3.37. The van der Waals surface area contributed by atoms with Crippen LogP contribution < -0.4 is 0 Å². The third-order valence-electron chi connectivity index (χ3n) is 2.18. The molecule has 0 spiro atoms. The lowest BCUT2D eigenvalue weighted by atomic mass is 10.3. The first-order valence-electron chi connectivity index (χ1n) is 5.31. The van der Waals surface area contributed by atoms with Crippen molar-refractivity contribution in [1.82, 2.24) is 0 Å². The Bertz CT molecular complexity index is 408. The van der Waals surface area contributed by atoms with Crippen LogP contribution in [0.25, 0.3) is 0 Å². The molecule has 0 aliphatic carbocycles. The Labute approximate surface area is 104 Å².